The number of aliphatic imine (C=N–C) groups is 1. The quantitative estimate of drug-likeness (QED) is 0.467. The maximum atomic E-state index is 6.12. The molecule has 3 heterocycles. The fraction of sp³-hybridized carbons (Fsp3) is 0.208. The van der Waals surface area contributed by atoms with Crippen molar-refractivity contribution in [3.8, 4) is 11.6 Å². The van der Waals surface area contributed by atoms with E-state index in [0.29, 0.717) is 35.9 Å². The topological polar surface area (TPSA) is 138 Å². The van der Waals surface area contributed by atoms with Crippen molar-refractivity contribution in [1.82, 2.24) is 19.9 Å². The molecule has 1 aliphatic rings. The number of nitrogens with zero attached hydrogens (tertiary/aromatic N) is 6. The summed E-state index contributed by atoms with van der Waals surface area (Å²) in [4.78, 5) is 23.2. The first kappa shape index (κ1) is 21.4. The minimum atomic E-state index is -0.336. The molecule has 172 valence electrons. The van der Waals surface area contributed by atoms with Gasteiger partial charge in [0.25, 0.3) is 6.02 Å². The SMILES string of the molecule is Cc1cc(N(C2=NC(C)(C)CO2)c2ccc3ncnc(N)c3c2)ccc1Oc1cc(N)ncn1. The number of fused-ring (bicyclic) bond motifs is 1. The number of nitrogens with two attached hydrogens (primary N) is 2. The number of hydrogen-bond acceptors (Lipinski definition) is 10. The first-order valence-corrected chi connectivity index (χ1v) is 10.7. The summed E-state index contributed by atoms with van der Waals surface area (Å²) < 4.78 is 11.9. The van der Waals surface area contributed by atoms with Gasteiger partial charge in [-0.3, -0.25) is 4.90 Å². The molecule has 0 radical (unpaired) electrons. The van der Waals surface area contributed by atoms with Crippen molar-refractivity contribution in [3.63, 3.8) is 0 Å². The Bertz CT molecular complexity index is 1420. The number of hydrogen-bond donors (Lipinski definition) is 2. The summed E-state index contributed by atoms with van der Waals surface area (Å²) in [7, 11) is 0. The molecule has 0 fully saturated rings. The van der Waals surface area contributed by atoms with Gasteiger partial charge in [0, 0.05) is 11.5 Å². The summed E-state index contributed by atoms with van der Waals surface area (Å²) in [5.41, 5.74) is 14.8. The van der Waals surface area contributed by atoms with Crippen LogP contribution in [-0.4, -0.2) is 38.1 Å². The van der Waals surface area contributed by atoms with Crippen LogP contribution >= 0.6 is 0 Å². The van der Waals surface area contributed by atoms with Gasteiger partial charge in [-0.1, -0.05) is 0 Å². The van der Waals surface area contributed by atoms with E-state index < -0.39 is 0 Å². The van der Waals surface area contributed by atoms with E-state index in [-0.39, 0.29) is 5.54 Å². The van der Waals surface area contributed by atoms with Crippen LogP contribution in [0, 0.1) is 6.92 Å². The zero-order chi connectivity index (χ0) is 23.9. The van der Waals surface area contributed by atoms with Crippen LogP contribution in [0.2, 0.25) is 0 Å². The molecule has 0 spiro atoms. The predicted molar refractivity (Wildman–Crippen MR) is 131 cm³/mol. The standard InChI is InChI=1S/C24H24N8O2/c1-14-8-15(5-7-19(14)34-21-10-20(25)28-13-29-21)32(23-31-24(2,3)11-33-23)16-4-6-18-17(9-16)22(26)30-12-27-18/h4-10,12-13H,11H2,1-3H3,(H2,25,28,29)(H2,26,27,30). The maximum Gasteiger partial charge on any atom is 0.297 e. The van der Waals surface area contributed by atoms with Crippen LogP contribution in [0.15, 0.2) is 60.1 Å². The lowest BCUT2D eigenvalue weighted by molar-refractivity contribution is 0.276. The number of aryl methyl sites for hydroxylation is 1. The molecule has 1 aliphatic heterocycles. The second-order valence-electron chi connectivity index (χ2n) is 8.62. The van der Waals surface area contributed by atoms with Crippen molar-refractivity contribution >= 4 is 39.9 Å². The second kappa shape index (κ2) is 8.14. The number of nitrogen functional groups attached to an aromatic ring is 2. The summed E-state index contributed by atoms with van der Waals surface area (Å²) in [6.07, 6.45) is 2.82. The molecule has 0 saturated heterocycles. The van der Waals surface area contributed by atoms with Gasteiger partial charge >= 0.3 is 0 Å². The first-order valence-electron chi connectivity index (χ1n) is 10.7. The first-order chi connectivity index (χ1) is 16.3. The molecular weight excluding hydrogens is 432 g/mol. The van der Waals surface area contributed by atoms with Crippen molar-refractivity contribution in [2.45, 2.75) is 26.3 Å². The van der Waals surface area contributed by atoms with Crippen molar-refractivity contribution in [3.05, 3.63) is 60.7 Å². The highest BCUT2D eigenvalue weighted by atomic mass is 16.5. The average molecular weight is 457 g/mol. The smallest absolute Gasteiger partial charge is 0.297 e. The van der Waals surface area contributed by atoms with Gasteiger partial charge in [-0.25, -0.2) is 24.9 Å². The van der Waals surface area contributed by atoms with Crippen molar-refractivity contribution in [2.75, 3.05) is 23.0 Å². The Balaban J connectivity index is 1.57. The Morgan fingerprint density at radius 2 is 1.71 bits per heavy atom. The van der Waals surface area contributed by atoms with E-state index in [4.69, 9.17) is 25.9 Å². The van der Waals surface area contributed by atoms with Crippen LogP contribution in [0.4, 0.5) is 23.0 Å². The van der Waals surface area contributed by atoms with Gasteiger partial charge in [0.05, 0.1) is 22.4 Å². The zero-order valence-electron chi connectivity index (χ0n) is 19.1. The Hall–Kier alpha value is -4.47. The van der Waals surface area contributed by atoms with E-state index in [2.05, 4.69) is 19.9 Å². The van der Waals surface area contributed by atoms with Crippen LogP contribution in [0.25, 0.3) is 10.9 Å². The lowest BCUT2D eigenvalue weighted by Gasteiger charge is -2.25. The van der Waals surface area contributed by atoms with Gasteiger partial charge in [0.2, 0.25) is 5.88 Å². The third-order valence-corrected chi connectivity index (χ3v) is 5.35. The van der Waals surface area contributed by atoms with E-state index >= 15 is 0 Å². The highest BCUT2D eigenvalue weighted by molar-refractivity contribution is 6.03. The molecule has 4 aromatic rings. The number of anilines is 4. The molecule has 2 aromatic heterocycles. The van der Waals surface area contributed by atoms with Gasteiger partial charge in [-0.15, -0.1) is 0 Å². The molecular formula is C24H24N8O2. The molecule has 5 rings (SSSR count). The summed E-state index contributed by atoms with van der Waals surface area (Å²) in [6, 6.07) is 13.7. The number of rotatable bonds is 4. The number of amidine groups is 1. The molecule has 0 aliphatic carbocycles. The monoisotopic (exact) mass is 456 g/mol. The molecule has 2 aromatic carbocycles. The normalized spacial score (nSPS) is 14.5. The van der Waals surface area contributed by atoms with Crippen molar-refractivity contribution in [1.29, 1.82) is 0 Å². The van der Waals surface area contributed by atoms with Gasteiger partial charge < -0.3 is 20.9 Å². The Labute approximate surface area is 196 Å². The molecule has 0 amide bonds. The van der Waals surface area contributed by atoms with Gasteiger partial charge in [-0.2, -0.15) is 0 Å². The van der Waals surface area contributed by atoms with Crippen molar-refractivity contribution in [2.24, 2.45) is 4.99 Å². The maximum absolute atomic E-state index is 6.12. The molecule has 0 saturated carbocycles. The van der Waals surface area contributed by atoms with Crippen LogP contribution in [0.1, 0.15) is 19.4 Å². The highest BCUT2D eigenvalue weighted by Crippen LogP contribution is 2.35. The molecule has 10 heteroatoms. The zero-order valence-corrected chi connectivity index (χ0v) is 19.1. The van der Waals surface area contributed by atoms with Gasteiger partial charge in [-0.05, 0) is 62.7 Å². The van der Waals surface area contributed by atoms with Crippen LogP contribution in [-0.2, 0) is 4.74 Å². The van der Waals surface area contributed by atoms with Gasteiger partial charge in [0.1, 0.15) is 36.6 Å². The third-order valence-electron chi connectivity index (χ3n) is 5.35. The molecule has 0 bridgehead atoms. The van der Waals surface area contributed by atoms with E-state index in [1.807, 2.05) is 62.1 Å². The Morgan fingerprint density at radius 3 is 2.44 bits per heavy atom. The fourth-order valence-corrected chi connectivity index (χ4v) is 3.66. The lowest BCUT2D eigenvalue weighted by Crippen LogP contribution is -2.26. The van der Waals surface area contributed by atoms with E-state index in [0.717, 1.165) is 27.8 Å². The van der Waals surface area contributed by atoms with Crippen LogP contribution in [0.3, 0.4) is 0 Å². The minimum Gasteiger partial charge on any atom is -0.462 e. The Morgan fingerprint density at radius 1 is 0.941 bits per heavy atom. The summed E-state index contributed by atoms with van der Waals surface area (Å²) in [5.74, 6) is 1.76. The summed E-state index contributed by atoms with van der Waals surface area (Å²) in [6.45, 7) is 6.49. The number of aromatic nitrogens is 4. The highest BCUT2D eigenvalue weighted by Gasteiger charge is 2.31. The van der Waals surface area contributed by atoms with Crippen molar-refractivity contribution < 1.29 is 9.47 Å². The molecule has 0 unspecified atom stereocenters. The van der Waals surface area contributed by atoms with Crippen LogP contribution < -0.4 is 21.1 Å². The predicted octanol–water partition coefficient (Wildman–Crippen LogP) is 3.99. The lowest BCUT2D eigenvalue weighted by atomic mass is 10.1. The molecule has 10 nitrogen and oxygen atoms in total. The van der Waals surface area contributed by atoms with Crippen LogP contribution in [0.5, 0.6) is 11.6 Å². The number of ether oxygens (including phenoxy) is 2. The molecule has 4 N–H and O–H groups in total. The van der Waals surface area contributed by atoms with E-state index in [9.17, 15) is 0 Å². The largest absolute Gasteiger partial charge is 0.462 e. The molecule has 0 atom stereocenters. The molecule has 34 heavy (non-hydrogen) atoms. The summed E-state index contributed by atoms with van der Waals surface area (Å²) >= 11 is 0. The number of benzene rings is 2. The summed E-state index contributed by atoms with van der Waals surface area (Å²) in [5, 5.41) is 0.751. The minimum absolute atomic E-state index is 0.336. The second-order valence-corrected chi connectivity index (χ2v) is 8.62. The average Bonchev–Trinajstić information content (AvgIpc) is 3.15. The third kappa shape index (κ3) is 4.13. The Kier molecular flexibility index (Phi) is 5.12. The van der Waals surface area contributed by atoms with Gasteiger partial charge in [0.15, 0.2) is 0 Å². The van der Waals surface area contributed by atoms with E-state index in [1.54, 1.807) is 6.07 Å². The van der Waals surface area contributed by atoms with E-state index in [1.165, 1.54) is 12.7 Å². The fourth-order valence-electron chi connectivity index (χ4n) is 3.66.